The average molecular weight is 116 g/mol. The van der Waals surface area contributed by atoms with Crippen LogP contribution in [0.5, 0.6) is 0 Å². The maximum atomic E-state index is 9.44. The molecule has 0 amide bonds. The van der Waals surface area contributed by atoms with Crippen molar-refractivity contribution >= 4 is 11.6 Å². The lowest BCUT2D eigenvalue weighted by molar-refractivity contribution is -0.114. The summed E-state index contributed by atoms with van der Waals surface area (Å²) in [6, 6.07) is 0. The van der Waals surface area contributed by atoms with Crippen molar-refractivity contribution in [3.8, 4) is 0 Å². The molecular weight excluding hydrogens is 104 g/mol. The van der Waals surface area contributed by atoms with Crippen LogP contribution in [0.15, 0.2) is 0 Å². The van der Waals surface area contributed by atoms with Crippen molar-refractivity contribution in [2.24, 2.45) is 5.73 Å². The van der Waals surface area contributed by atoms with Gasteiger partial charge in [0.05, 0.1) is 5.84 Å². The topological polar surface area (TPSA) is 66.9 Å². The summed E-state index contributed by atoms with van der Waals surface area (Å²) in [5.74, 6) is 0.333. The fraction of sp³-hybridized carbons (Fsp3) is 0.600. The summed E-state index contributed by atoms with van der Waals surface area (Å²) in [7, 11) is 0. The van der Waals surface area contributed by atoms with Crippen LogP contribution in [0.25, 0.3) is 0 Å². The molecule has 0 saturated heterocycles. The Bertz CT molecular complexity index is 68.4. The predicted molar refractivity (Wildman–Crippen MR) is 33.9 cm³/mol. The summed E-state index contributed by atoms with van der Waals surface area (Å²) >= 11 is 0. The van der Waals surface area contributed by atoms with Gasteiger partial charge < -0.3 is 10.5 Å². The minimum Gasteiger partial charge on any atom is -0.388 e. The lowest BCUT2D eigenvalue weighted by Crippen LogP contribution is -2.00. The van der Waals surface area contributed by atoms with Crippen molar-refractivity contribution in [3.05, 3.63) is 0 Å². The summed E-state index contributed by atoms with van der Waals surface area (Å²) in [4.78, 5) is 9.44. The van der Waals surface area contributed by atoms with E-state index in [1.165, 1.54) is 20.8 Å². The molecule has 0 aromatic carbocycles. The molecule has 0 aliphatic rings. The highest BCUT2D eigenvalue weighted by Crippen LogP contribution is 1.50. The number of Topliss-reactive ketones (excluding diaryl/α,β-unsaturated/α-hetero) is 1. The van der Waals surface area contributed by atoms with E-state index in [4.69, 9.17) is 11.1 Å². The van der Waals surface area contributed by atoms with Crippen molar-refractivity contribution in [2.75, 3.05) is 0 Å². The van der Waals surface area contributed by atoms with Crippen LogP contribution in [-0.2, 0) is 4.79 Å². The zero-order chi connectivity index (χ0) is 7.15. The number of ketones is 1. The molecule has 0 aliphatic heterocycles. The molecule has 0 bridgehead atoms. The minimum absolute atomic E-state index is 0.167. The van der Waals surface area contributed by atoms with Gasteiger partial charge in [-0.2, -0.15) is 0 Å². The Labute approximate surface area is 49.4 Å². The van der Waals surface area contributed by atoms with Gasteiger partial charge in [0.15, 0.2) is 0 Å². The molecule has 0 rings (SSSR count). The molecule has 8 heavy (non-hydrogen) atoms. The zero-order valence-corrected chi connectivity index (χ0v) is 5.49. The summed E-state index contributed by atoms with van der Waals surface area (Å²) in [5, 5.41) is 6.28. The SMILES string of the molecule is CC(=N)N.CC(C)=O. The summed E-state index contributed by atoms with van der Waals surface area (Å²) in [5.41, 5.74) is 4.69. The molecule has 0 aromatic rings. The molecule has 48 valence electrons. The van der Waals surface area contributed by atoms with Gasteiger partial charge in [-0.3, -0.25) is 5.41 Å². The minimum atomic E-state index is 0.167. The lowest BCUT2D eigenvalue weighted by Gasteiger charge is -1.66. The normalized spacial score (nSPS) is 6.38. The average Bonchev–Trinajstić information content (AvgIpc) is 1.25. The standard InChI is InChI=1S/C3H6O.C2H6N2/c1-3(2)4;1-2(3)4/h1-2H3;1H3,(H3,3,4). The molecule has 0 atom stereocenters. The summed E-state index contributed by atoms with van der Waals surface area (Å²) in [6.45, 7) is 4.58. The van der Waals surface area contributed by atoms with E-state index in [9.17, 15) is 4.79 Å². The number of rotatable bonds is 0. The van der Waals surface area contributed by atoms with Gasteiger partial charge in [0.2, 0.25) is 0 Å². The predicted octanol–water partition coefficient (Wildman–Crippen LogP) is 0.538. The number of carbonyl (C=O) groups excluding carboxylic acids is 1. The van der Waals surface area contributed by atoms with Crippen LogP contribution in [0.1, 0.15) is 20.8 Å². The van der Waals surface area contributed by atoms with Crippen LogP contribution < -0.4 is 5.73 Å². The quantitative estimate of drug-likeness (QED) is 0.358. The van der Waals surface area contributed by atoms with Gasteiger partial charge in [0.25, 0.3) is 0 Å². The van der Waals surface area contributed by atoms with E-state index in [1.807, 2.05) is 0 Å². The van der Waals surface area contributed by atoms with Gasteiger partial charge in [0, 0.05) is 0 Å². The first-order valence-corrected chi connectivity index (χ1v) is 2.24. The molecule has 0 radical (unpaired) electrons. The largest absolute Gasteiger partial charge is 0.388 e. The smallest absolute Gasteiger partial charge is 0.126 e. The third-order valence-corrected chi connectivity index (χ3v) is 0. The third-order valence-electron chi connectivity index (χ3n) is 0. The highest BCUT2D eigenvalue weighted by Gasteiger charge is 1.62. The van der Waals surface area contributed by atoms with Gasteiger partial charge in [0.1, 0.15) is 5.78 Å². The van der Waals surface area contributed by atoms with Gasteiger partial charge in [-0.25, -0.2) is 0 Å². The van der Waals surface area contributed by atoms with E-state index in [0.29, 0.717) is 0 Å². The number of nitrogens with two attached hydrogens (primary N) is 1. The van der Waals surface area contributed by atoms with E-state index in [2.05, 4.69) is 0 Å². The molecule has 3 heteroatoms. The fourth-order valence-corrected chi connectivity index (χ4v) is 0. The second-order valence-electron chi connectivity index (χ2n) is 1.59. The van der Waals surface area contributed by atoms with Gasteiger partial charge in [-0.15, -0.1) is 0 Å². The first kappa shape index (κ1) is 10.2. The molecule has 0 unspecified atom stereocenters. The molecule has 3 N–H and O–H groups in total. The number of carbonyl (C=O) groups is 1. The molecule has 0 spiro atoms. The van der Waals surface area contributed by atoms with Crippen molar-refractivity contribution in [1.29, 1.82) is 5.41 Å². The van der Waals surface area contributed by atoms with Crippen molar-refractivity contribution < 1.29 is 4.79 Å². The van der Waals surface area contributed by atoms with E-state index in [1.54, 1.807) is 0 Å². The maximum absolute atomic E-state index is 9.44. The van der Waals surface area contributed by atoms with E-state index < -0.39 is 0 Å². The van der Waals surface area contributed by atoms with E-state index in [-0.39, 0.29) is 11.6 Å². The van der Waals surface area contributed by atoms with Gasteiger partial charge in [-0.1, -0.05) is 0 Å². The van der Waals surface area contributed by atoms with Crippen molar-refractivity contribution in [2.45, 2.75) is 20.8 Å². The number of hydrogen-bond acceptors (Lipinski definition) is 2. The molecule has 0 aromatic heterocycles. The van der Waals surface area contributed by atoms with Crippen molar-refractivity contribution in [3.63, 3.8) is 0 Å². The van der Waals surface area contributed by atoms with E-state index >= 15 is 0 Å². The van der Waals surface area contributed by atoms with Crippen LogP contribution >= 0.6 is 0 Å². The molecule has 0 saturated carbocycles. The van der Waals surface area contributed by atoms with Crippen molar-refractivity contribution in [1.82, 2.24) is 0 Å². The van der Waals surface area contributed by atoms with Crippen LogP contribution in [0.3, 0.4) is 0 Å². The summed E-state index contributed by atoms with van der Waals surface area (Å²) in [6.07, 6.45) is 0. The second kappa shape index (κ2) is 6.14. The highest BCUT2D eigenvalue weighted by atomic mass is 16.1. The Morgan fingerprint density at radius 3 is 1.38 bits per heavy atom. The first-order valence-electron chi connectivity index (χ1n) is 2.24. The van der Waals surface area contributed by atoms with Crippen LogP contribution in [0, 0.1) is 5.41 Å². The summed E-state index contributed by atoms with van der Waals surface area (Å²) < 4.78 is 0. The second-order valence-corrected chi connectivity index (χ2v) is 1.59. The Balaban J connectivity index is 0. The monoisotopic (exact) mass is 116 g/mol. The number of hydrogen-bond donors (Lipinski definition) is 2. The molecule has 0 heterocycles. The van der Waals surface area contributed by atoms with Crippen LogP contribution in [0.2, 0.25) is 0 Å². The Morgan fingerprint density at radius 2 is 1.38 bits per heavy atom. The maximum Gasteiger partial charge on any atom is 0.126 e. The molecule has 3 nitrogen and oxygen atoms in total. The van der Waals surface area contributed by atoms with E-state index in [0.717, 1.165) is 0 Å². The zero-order valence-electron chi connectivity index (χ0n) is 5.49. The Hall–Kier alpha value is -0.860. The molecule has 0 fully saturated rings. The first-order chi connectivity index (χ1) is 3.46. The number of nitrogens with one attached hydrogen (secondary N) is 1. The van der Waals surface area contributed by atoms with Crippen LogP contribution in [-0.4, -0.2) is 11.6 Å². The molecular formula is C5H12N2O. The van der Waals surface area contributed by atoms with Crippen LogP contribution in [0.4, 0.5) is 0 Å². The lowest BCUT2D eigenvalue weighted by atomic mass is 10.6. The Kier molecular flexibility index (Phi) is 7.82. The molecule has 0 aliphatic carbocycles. The highest BCUT2D eigenvalue weighted by molar-refractivity contribution is 5.73. The van der Waals surface area contributed by atoms with Gasteiger partial charge >= 0.3 is 0 Å². The fourth-order valence-electron chi connectivity index (χ4n) is 0. The Morgan fingerprint density at radius 1 is 1.38 bits per heavy atom. The third kappa shape index (κ3) is 119. The van der Waals surface area contributed by atoms with Gasteiger partial charge in [-0.05, 0) is 20.8 Å². The number of amidine groups is 1.